The van der Waals surface area contributed by atoms with Crippen LogP contribution in [0.1, 0.15) is 13.3 Å². The Morgan fingerprint density at radius 1 is 1.06 bits per heavy atom. The van der Waals surface area contributed by atoms with Crippen molar-refractivity contribution < 1.29 is 32.2 Å². The van der Waals surface area contributed by atoms with E-state index in [1.807, 2.05) is 6.92 Å². The van der Waals surface area contributed by atoms with Gasteiger partial charge in [0.05, 0.1) is 24.0 Å². The summed E-state index contributed by atoms with van der Waals surface area (Å²) in [6.45, 7) is 1.88. The van der Waals surface area contributed by atoms with Crippen molar-refractivity contribution in [2.24, 2.45) is 5.92 Å². The van der Waals surface area contributed by atoms with Gasteiger partial charge >= 0.3 is 12.4 Å². The third-order valence-corrected chi connectivity index (χ3v) is 6.12. The predicted octanol–water partition coefficient (Wildman–Crippen LogP) is 4.89. The second kappa shape index (κ2) is 7.09. The van der Waals surface area contributed by atoms with Crippen molar-refractivity contribution in [1.82, 2.24) is 4.98 Å². The van der Waals surface area contributed by atoms with E-state index >= 15 is 0 Å². The number of anilines is 2. The van der Waals surface area contributed by atoms with Crippen LogP contribution in [0.25, 0.3) is 10.9 Å². The number of fused-ring (bicyclic) bond motifs is 1. The number of ether oxygens (including phenoxy) is 2. The van der Waals surface area contributed by atoms with Gasteiger partial charge in [0.2, 0.25) is 0 Å². The first-order valence-corrected chi connectivity index (χ1v) is 10.1. The van der Waals surface area contributed by atoms with Crippen LogP contribution in [0.2, 0.25) is 0 Å². The summed E-state index contributed by atoms with van der Waals surface area (Å²) in [5.41, 5.74) is 0.247. The molecule has 1 saturated heterocycles. The molecule has 170 valence electrons. The van der Waals surface area contributed by atoms with Crippen LogP contribution in [0.15, 0.2) is 54.7 Å². The summed E-state index contributed by atoms with van der Waals surface area (Å²) in [6, 6.07) is 11.0. The fourth-order valence-corrected chi connectivity index (χ4v) is 4.44. The fourth-order valence-electron chi connectivity index (χ4n) is 4.44. The summed E-state index contributed by atoms with van der Waals surface area (Å²) in [7, 11) is 1.53. The molecule has 7 nitrogen and oxygen atoms in total. The van der Waals surface area contributed by atoms with Gasteiger partial charge in [0.15, 0.2) is 0 Å². The molecule has 2 aliphatic rings. The summed E-state index contributed by atoms with van der Waals surface area (Å²) in [5, 5.41) is 0.646. The van der Waals surface area contributed by atoms with Crippen LogP contribution in [0.5, 0.6) is 11.5 Å². The zero-order valence-electron chi connectivity index (χ0n) is 17.6. The standard InChI is InChI=1S/C23H18F3N3O4/c1-13-12-22(13)20(30)28(14-3-5-15(6-4-14)33-23(24,25)26)21(31)29(22)19-9-10-27-18-8-7-16(32-2)11-17(18)19/h3-11,13H,12H2,1-2H3. The summed E-state index contributed by atoms with van der Waals surface area (Å²) in [6.07, 6.45) is -2.81. The van der Waals surface area contributed by atoms with Gasteiger partial charge in [-0.3, -0.25) is 14.7 Å². The molecule has 0 radical (unpaired) electrons. The summed E-state index contributed by atoms with van der Waals surface area (Å²) in [4.78, 5) is 33.9. The number of imide groups is 1. The Bertz CT molecular complexity index is 1280. The molecule has 2 fully saturated rings. The highest BCUT2D eigenvalue weighted by Gasteiger charge is 2.70. The lowest BCUT2D eigenvalue weighted by Gasteiger charge is -2.24. The van der Waals surface area contributed by atoms with E-state index < -0.39 is 29.6 Å². The van der Waals surface area contributed by atoms with Crippen molar-refractivity contribution in [1.29, 1.82) is 0 Å². The number of hydrogen-bond donors (Lipinski definition) is 0. The van der Waals surface area contributed by atoms with Gasteiger partial charge in [0.25, 0.3) is 5.91 Å². The highest BCUT2D eigenvalue weighted by Crippen LogP contribution is 2.56. The molecule has 1 aromatic heterocycles. The number of carbonyl (C=O) groups excluding carboxylic acids is 2. The lowest BCUT2D eigenvalue weighted by atomic mass is 10.1. The number of methoxy groups -OCH3 is 1. The van der Waals surface area contributed by atoms with Crippen molar-refractivity contribution in [2.45, 2.75) is 25.2 Å². The SMILES string of the molecule is COc1ccc2nccc(N3C(=O)N(c4ccc(OC(F)(F)F)cc4)C(=O)C34CC4C)c2c1. The number of pyridine rings is 1. The number of halogens is 3. The number of alkyl halides is 3. The summed E-state index contributed by atoms with van der Waals surface area (Å²) in [5.74, 6) is -0.383. The van der Waals surface area contributed by atoms with Gasteiger partial charge in [0, 0.05) is 11.6 Å². The smallest absolute Gasteiger partial charge is 0.497 e. The van der Waals surface area contributed by atoms with E-state index in [0.717, 1.165) is 17.0 Å². The minimum atomic E-state index is -4.84. The Kier molecular flexibility index (Phi) is 4.52. The molecular weight excluding hydrogens is 439 g/mol. The number of nitrogens with zero attached hydrogens (tertiary/aromatic N) is 3. The Morgan fingerprint density at radius 2 is 1.73 bits per heavy atom. The first kappa shape index (κ1) is 21.0. The highest BCUT2D eigenvalue weighted by atomic mass is 19.4. The van der Waals surface area contributed by atoms with Gasteiger partial charge in [-0.1, -0.05) is 6.92 Å². The molecule has 1 saturated carbocycles. The van der Waals surface area contributed by atoms with Crippen molar-refractivity contribution in [2.75, 3.05) is 16.9 Å². The Hall–Kier alpha value is -3.82. The molecule has 10 heteroatoms. The van der Waals surface area contributed by atoms with Crippen LogP contribution in [0, 0.1) is 5.92 Å². The molecule has 2 atom stereocenters. The van der Waals surface area contributed by atoms with E-state index in [4.69, 9.17) is 4.74 Å². The Balaban J connectivity index is 1.58. The van der Waals surface area contributed by atoms with Crippen LogP contribution in [-0.4, -0.2) is 35.9 Å². The van der Waals surface area contributed by atoms with E-state index in [0.29, 0.717) is 28.8 Å². The average Bonchev–Trinajstić information content (AvgIpc) is 3.39. The maximum atomic E-state index is 13.6. The van der Waals surface area contributed by atoms with Gasteiger partial charge in [-0.15, -0.1) is 13.2 Å². The number of amides is 3. The van der Waals surface area contributed by atoms with E-state index in [9.17, 15) is 22.8 Å². The Morgan fingerprint density at radius 3 is 2.33 bits per heavy atom. The normalized spacial score (nSPS) is 22.4. The molecule has 2 aromatic carbocycles. The van der Waals surface area contributed by atoms with E-state index in [1.54, 1.807) is 30.5 Å². The van der Waals surface area contributed by atoms with E-state index in [2.05, 4.69) is 9.72 Å². The second-order valence-electron chi connectivity index (χ2n) is 8.04. The molecule has 2 unspecified atom stereocenters. The zero-order valence-corrected chi connectivity index (χ0v) is 17.6. The largest absolute Gasteiger partial charge is 0.573 e. The minimum Gasteiger partial charge on any atom is -0.497 e. The maximum Gasteiger partial charge on any atom is 0.573 e. The molecule has 2 heterocycles. The van der Waals surface area contributed by atoms with Crippen LogP contribution in [0.4, 0.5) is 29.3 Å². The maximum absolute atomic E-state index is 13.6. The van der Waals surface area contributed by atoms with E-state index in [1.165, 1.54) is 24.1 Å². The van der Waals surface area contributed by atoms with Crippen LogP contribution < -0.4 is 19.3 Å². The molecule has 3 amide bonds. The summed E-state index contributed by atoms with van der Waals surface area (Å²) < 4.78 is 46.6. The fraction of sp³-hybridized carbons (Fsp3) is 0.261. The van der Waals surface area contributed by atoms with Crippen molar-refractivity contribution in [3.63, 3.8) is 0 Å². The summed E-state index contributed by atoms with van der Waals surface area (Å²) >= 11 is 0. The third kappa shape index (κ3) is 3.24. The molecule has 0 N–H and O–H groups in total. The molecule has 1 aliphatic heterocycles. The number of urea groups is 1. The molecule has 5 rings (SSSR count). The number of hydrogen-bond acceptors (Lipinski definition) is 5. The van der Waals surface area contributed by atoms with Gasteiger partial charge in [-0.2, -0.15) is 0 Å². The van der Waals surface area contributed by atoms with Crippen LogP contribution >= 0.6 is 0 Å². The number of benzene rings is 2. The van der Waals surface area contributed by atoms with Gasteiger partial charge in [-0.25, -0.2) is 9.69 Å². The quantitative estimate of drug-likeness (QED) is 0.522. The number of aromatic nitrogens is 1. The highest BCUT2D eigenvalue weighted by molar-refractivity contribution is 6.33. The lowest BCUT2D eigenvalue weighted by molar-refractivity contribution is -0.274. The molecule has 3 aromatic rings. The molecular formula is C23H18F3N3O4. The minimum absolute atomic E-state index is 0.0967. The zero-order chi connectivity index (χ0) is 23.5. The number of carbonyl (C=O) groups is 2. The van der Waals surface area contributed by atoms with Crippen LogP contribution in [0.3, 0.4) is 0 Å². The third-order valence-electron chi connectivity index (χ3n) is 6.12. The molecule has 1 aliphatic carbocycles. The topological polar surface area (TPSA) is 72.0 Å². The number of rotatable bonds is 4. The molecule has 1 spiro atoms. The average molecular weight is 457 g/mol. The second-order valence-corrected chi connectivity index (χ2v) is 8.04. The van der Waals surface area contributed by atoms with Crippen molar-refractivity contribution in [3.8, 4) is 11.5 Å². The predicted molar refractivity (Wildman–Crippen MR) is 113 cm³/mol. The molecule has 33 heavy (non-hydrogen) atoms. The van der Waals surface area contributed by atoms with Gasteiger partial charge in [0.1, 0.15) is 17.0 Å². The van der Waals surface area contributed by atoms with Crippen molar-refractivity contribution >= 4 is 34.2 Å². The first-order chi connectivity index (χ1) is 15.7. The van der Waals surface area contributed by atoms with Crippen LogP contribution in [-0.2, 0) is 4.79 Å². The Labute approximate surface area is 186 Å². The monoisotopic (exact) mass is 457 g/mol. The first-order valence-electron chi connectivity index (χ1n) is 10.1. The lowest BCUT2D eigenvalue weighted by Crippen LogP contribution is -2.39. The van der Waals surface area contributed by atoms with E-state index in [-0.39, 0.29) is 11.6 Å². The van der Waals surface area contributed by atoms with Crippen molar-refractivity contribution in [3.05, 3.63) is 54.7 Å². The van der Waals surface area contributed by atoms with Gasteiger partial charge in [-0.05, 0) is 60.9 Å². The molecule has 0 bridgehead atoms. The van der Waals surface area contributed by atoms with Gasteiger partial charge < -0.3 is 9.47 Å².